The molecular formula is C14H12F3NO2. The minimum Gasteiger partial charge on any atom is -0.508 e. The standard InChI is InChI=1S/C14H12F3NO2/c15-14(16,17)9-3-6-12(18)11(7-9)13(20)8-1-4-10(19)5-2-8/h1-7,13,19-20H,18H2. The number of halogens is 3. The molecule has 0 fully saturated rings. The molecule has 0 heterocycles. The lowest BCUT2D eigenvalue weighted by molar-refractivity contribution is -0.137. The molecule has 6 heteroatoms. The summed E-state index contributed by atoms with van der Waals surface area (Å²) < 4.78 is 38.0. The monoisotopic (exact) mass is 283 g/mol. The second kappa shape index (κ2) is 5.05. The van der Waals surface area contributed by atoms with Crippen LogP contribution in [0.1, 0.15) is 22.8 Å². The zero-order valence-electron chi connectivity index (χ0n) is 10.2. The molecule has 0 bridgehead atoms. The second-order valence-corrected chi connectivity index (χ2v) is 4.34. The van der Waals surface area contributed by atoms with Crippen LogP contribution >= 0.6 is 0 Å². The summed E-state index contributed by atoms with van der Waals surface area (Å²) >= 11 is 0. The number of aromatic hydroxyl groups is 1. The van der Waals surface area contributed by atoms with Crippen LogP contribution in [0.25, 0.3) is 0 Å². The van der Waals surface area contributed by atoms with Gasteiger partial charge in [-0.3, -0.25) is 0 Å². The summed E-state index contributed by atoms with van der Waals surface area (Å²) in [6.45, 7) is 0. The molecule has 106 valence electrons. The van der Waals surface area contributed by atoms with Crippen LogP contribution in [-0.4, -0.2) is 10.2 Å². The molecule has 0 saturated heterocycles. The predicted octanol–water partition coefficient (Wildman–Crippen LogP) is 3.07. The number of hydrogen-bond acceptors (Lipinski definition) is 3. The Morgan fingerprint density at radius 2 is 1.60 bits per heavy atom. The maximum absolute atomic E-state index is 12.7. The predicted molar refractivity (Wildman–Crippen MR) is 68.0 cm³/mol. The van der Waals surface area contributed by atoms with Crippen LogP contribution in [0.15, 0.2) is 42.5 Å². The van der Waals surface area contributed by atoms with E-state index in [-0.39, 0.29) is 17.0 Å². The Hall–Kier alpha value is -2.21. The summed E-state index contributed by atoms with van der Waals surface area (Å²) in [5, 5.41) is 19.3. The van der Waals surface area contributed by atoms with E-state index in [4.69, 9.17) is 10.8 Å². The Kier molecular flexibility index (Phi) is 3.59. The number of phenolic OH excluding ortho intramolecular Hbond substituents is 1. The maximum atomic E-state index is 12.7. The van der Waals surface area contributed by atoms with Crippen molar-refractivity contribution < 1.29 is 23.4 Å². The number of rotatable bonds is 2. The molecule has 2 aromatic rings. The number of alkyl halides is 3. The molecule has 2 rings (SSSR count). The van der Waals surface area contributed by atoms with Gasteiger partial charge < -0.3 is 15.9 Å². The molecule has 0 radical (unpaired) electrons. The second-order valence-electron chi connectivity index (χ2n) is 4.34. The minimum absolute atomic E-state index is 0.00189. The first-order chi connectivity index (χ1) is 9.29. The highest BCUT2D eigenvalue weighted by Gasteiger charge is 2.31. The highest BCUT2D eigenvalue weighted by Crippen LogP contribution is 2.35. The van der Waals surface area contributed by atoms with E-state index >= 15 is 0 Å². The van der Waals surface area contributed by atoms with Crippen LogP contribution in [0.3, 0.4) is 0 Å². The number of aliphatic hydroxyl groups excluding tert-OH is 1. The van der Waals surface area contributed by atoms with Crippen LogP contribution in [0.4, 0.5) is 18.9 Å². The van der Waals surface area contributed by atoms with Gasteiger partial charge in [0.25, 0.3) is 0 Å². The molecule has 0 saturated carbocycles. The number of anilines is 1. The molecule has 1 unspecified atom stereocenters. The minimum atomic E-state index is -4.50. The molecule has 2 aromatic carbocycles. The van der Waals surface area contributed by atoms with E-state index < -0.39 is 17.8 Å². The molecule has 0 aliphatic heterocycles. The van der Waals surface area contributed by atoms with Gasteiger partial charge in [0.15, 0.2) is 0 Å². The molecule has 0 amide bonds. The first-order valence-electron chi connectivity index (χ1n) is 5.72. The molecule has 0 spiro atoms. The Balaban J connectivity index is 2.43. The summed E-state index contributed by atoms with van der Waals surface area (Å²) in [7, 11) is 0. The van der Waals surface area contributed by atoms with E-state index in [9.17, 15) is 18.3 Å². The van der Waals surface area contributed by atoms with E-state index in [2.05, 4.69) is 0 Å². The topological polar surface area (TPSA) is 66.5 Å². The van der Waals surface area contributed by atoms with Gasteiger partial charge >= 0.3 is 6.18 Å². The Labute approximate surface area is 113 Å². The third-order valence-corrected chi connectivity index (χ3v) is 2.92. The quantitative estimate of drug-likeness (QED) is 0.742. The van der Waals surface area contributed by atoms with E-state index in [1.54, 1.807) is 0 Å². The molecule has 1 atom stereocenters. The van der Waals surface area contributed by atoms with Crippen molar-refractivity contribution in [3.8, 4) is 5.75 Å². The Morgan fingerprint density at radius 3 is 2.15 bits per heavy atom. The average molecular weight is 283 g/mol. The zero-order chi connectivity index (χ0) is 14.9. The van der Waals surface area contributed by atoms with Gasteiger partial charge in [-0.1, -0.05) is 12.1 Å². The number of nitrogens with two attached hydrogens (primary N) is 1. The largest absolute Gasteiger partial charge is 0.508 e. The van der Waals surface area contributed by atoms with Crippen molar-refractivity contribution in [2.75, 3.05) is 5.73 Å². The van der Waals surface area contributed by atoms with Gasteiger partial charge in [0.2, 0.25) is 0 Å². The number of hydrogen-bond donors (Lipinski definition) is 3. The maximum Gasteiger partial charge on any atom is 0.416 e. The normalized spacial score (nSPS) is 13.2. The third-order valence-electron chi connectivity index (χ3n) is 2.92. The van der Waals surface area contributed by atoms with Gasteiger partial charge in [-0.2, -0.15) is 13.2 Å². The van der Waals surface area contributed by atoms with Crippen molar-refractivity contribution >= 4 is 5.69 Å². The summed E-state index contributed by atoms with van der Waals surface area (Å²) in [6, 6.07) is 8.31. The van der Waals surface area contributed by atoms with Crippen molar-refractivity contribution in [2.45, 2.75) is 12.3 Å². The van der Waals surface area contributed by atoms with Crippen LogP contribution in [0, 0.1) is 0 Å². The highest BCUT2D eigenvalue weighted by atomic mass is 19.4. The summed E-state index contributed by atoms with van der Waals surface area (Å²) in [6.07, 6.45) is -5.80. The fourth-order valence-electron chi connectivity index (χ4n) is 1.82. The zero-order valence-corrected chi connectivity index (χ0v) is 10.2. The molecule has 20 heavy (non-hydrogen) atoms. The summed E-state index contributed by atoms with van der Waals surface area (Å²) in [5.74, 6) is -0.00189. The van der Waals surface area contributed by atoms with Crippen molar-refractivity contribution in [3.05, 3.63) is 59.2 Å². The first-order valence-corrected chi connectivity index (χ1v) is 5.72. The highest BCUT2D eigenvalue weighted by molar-refractivity contribution is 5.53. The molecule has 0 aromatic heterocycles. The Morgan fingerprint density at radius 1 is 1.00 bits per heavy atom. The molecule has 4 N–H and O–H groups in total. The fraction of sp³-hybridized carbons (Fsp3) is 0.143. The number of phenols is 1. The molecule has 3 nitrogen and oxygen atoms in total. The van der Waals surface area contributed by atoms with E-state index in [1.807, 2.05) is 0 Å². The van der Waals surface area contributed by atoms with Gasteiger partial charge in [-0.15, -0.1) is 0 Å². The van der Waals surface area contributed by atoms with E-state index in [0.29, 0.717) is 5.56 Å². The lowest BCUT2D eigenvalue weighted by Gasteiger charge is -2.16. The lowest BCUT2D eigenvalue weighted by atomic mass is 9.98. The molecule has 0 aliphatic carbocycles. The SMILES string of the molecule is Nc1ccc(C(F)(F)F)cc1C(O)c1ccc(O)cc1. The van der Waals surface area contributed by atoms with Crippen molar-refractivity contribution in [2.24, 2.45) is 0 Å². The number of benzene rings is 2. The fourth-order valence-corrected chi connectivity index (χ4v) is 1.82. The van der Waals surface area contributed by atoms with E-state index in [0.717, 1.165) is 18.2 Å². The van der Waals surface area contributed by atoms with Gasteiger partial charge in [0.05, 0.1) is 5.56 Å². The van der Waals surface area contributed by atoms with E-state index in [1.165, 1.54) is 24.3 Å². The first kappa shape index (κ1) is 14.2. The molecule has 0 aliphatic rings. The summed E-state index contributed by atoms with van der Waals surface area (Å²) in [5.41, 5.74) is 5.14. The van der Waals surface area contributed by atoms with Crippen molar-refractivity contribution in [1.82, 2.24) is 0 Å². The van der Waals surface area contributed by atoms with Crippen LogP contribution in [-0.2, 0) is 6.18 Å². The van der Waals surface area contributed by atoms with Gasteiger partial charge in [0, 0.05) is 11.3 Å². The number of nitrogen functional groups attached to an aromatic ring is 1. The average Bonchev–Trinajstić information content (AvgIpc) is 2.38. The smallest absolute Gasteiger partial charge is 0.416 e. The van der Waals surface area contributed by atoms with Crippen LogP contribution in [0.5, 0.6) is 5.75 Å². The van der Waals surface area contributed by atoms with Crippen LogP contribution < -0.4 is 5.73 Å². The number of aliphatic hydroxyl groups is 1. The Bertz CT molecular complexity index is 609. The molecular weight excluding hydrogens is 271 g/mol. The van der Waals surface area contributed by atoms with Gasteiger partial charge in [-0.25, -0.2) is 0 Å². The lowest BCUT2D eigenvalue weighted by Crippen LogP contribution is -2.09. The van der Waals surface area contributed by atoms with Crippen molar-refractivity contribution in [3.63, 3.8) is 0 Å². The van der Waals surface area contributed by atoms with Crippen molar-refractivity contribution in [1.29, 1.82) is 0 Å². The summed E-state index contributed by atoms with van der Waals surface area (Å²) in [4.78, 5) is 0. The van der Waals surface area contributed by atoms with Gasteiger partial charge in [-0.05, 0) is 35.9 Å². The third kappa shape index (κ3) is 2.85. The van der Waals surface area contributed by atoms with Gasteiger partial charge in [0.1, 0.15) is 11.9 Å². The van der Waals surface area contributed by atoms with Crippen LogP contribution in [0.2, 0.25) is 0 Å².